The van der Waals surface area contributed by atoms with Gasteiger partial charge in [-0.25, -0.2) is 0 Å². The Morgan fingerprint density at radius 2 is 1.56 bits per heavy atom. The molecule has 0 spiro atoms. The zero-order chi connectivity index (χ0) is 13.0. The number of carbonyl (C=O) groups excluding carboxylic acids is 1. The third-order valence-corrected chi connectivity index (χ3v) is 3.49. The molecule has 2 aromatic carbocycles. The summed E-state index contributed by atoms with van der Waals surface area (Å²) in [7, 11) is 0. The molecule has 0 fully saturated rings. The Kier molecular flexibility index (Phi) is 4.32. The van der Waals surface area contributed by atoms with Gasteiger partial charge >= 0.3 is 0 Å². The van der Waals surface area contributed by atoms with E-state index in [-0.39, 0.29) is 11.7 Å². The Bertz CT molecular complexity index is 517. The Labute approximate surface area is 116 Å². The van der Waals surface area contributed by atoms with Crippen molar-refractivity contribution in [3.05, 3.63) is 70.2 Å². The fraction of sp³-hybridized carbons (Fsp3) is 0.188. The lowest BCUT2D eigenvalue weighted by molar-refractivity contribution is -0.117. The summed E-state index contributed by atoms with van der Waals surface area (Å²) in [5.74, 6) is 0.364. The molecule has 0 radical (unpaired) electrons. The van der Waals surface area contributed by atoms with Crippen LogP contribution in [0, 0.1) is 0 Å². The largest absolute Gasteiger partial charge is 0.300 e. The molecule has 0 heterocycles. The highest BCUT2D eigenvalue weighted by molar-refractivity contribution is 9.10. The van der Waals surface area contributed by atoms with Crippen LogP contribution in [0.1, 0.15) is 30.4 Å². The lowest BCUT2D eigenvalue weighted by atomic mass is 9.87. The zero-order valence-corrected chi connectivity index (χ0v) is 11.9. The van der Waals surface area contributed by atoms with Crippen molar-refractivity contribution in [2.24, 2.45) is 0 Å². The Morgan fingerprint density at radius 1 is 1.00 bits per heavy atom. The van der Waals surface area contributed by atoms with Crippen LogP contribution in [0.3, 0.4) is 0 Å². The molecule has 0 amide bonds. The normalized spacial score (nSPS) is 12.1. The number of benzene rings is 2. The van der Waals surface area contributed by atoms with Crippen LogP contribution in [0.15, 0.2) is 59.1 Å². The highest BCUT2D eigenvalue weighted by atomic mass is 79.9. The average molecular weight is 303 g/mol. The Hall–Kier alpha value is -1.41. The van der Waals surface area contributed by atoms with Crippen LogP contribution in [-0.2, 0) is 4.79 Å². The SMILES string of the molecule is CC(=O)CC(c1ccccc1)c1ccc(Br)cc1. The van der Waals surface area contributed by atoms with Gasteiger partial charge in [-0.15, -0.1) is 0 Å². The van der Waals surface area contributed by atoms with Gasteiger partial charge in [-0.05, 0) is 30.2 Å². The molecular formula is C16H15BrO. The molecule has 0 saturated heterocycles. The lowest BCUT2D eigenvalue weighted by Gasteiger charge is -2.16. The molecule has 0 aliphatic rings. The topological polar surface area (TPSA) is 17.1 Å². The van der Waals surface area contributed by atoms with Gasteiger partial charge in [-0.3, -0.25) is 4.79 Å². The highest BCUT2D eigenvalue weighted by Gasteiger charge is 2.15. The average Bonchev–Trinajstić information content (AvgIpc) is 2.38. The maximum Gasteiger partial charge on any atom is 0.130 e. The van der Waals surface area contributed by atoms with Gasteiger partial charge in [-0.2, -0.15) is 0 Å². The smallest absolute Gasteiger partial charge is 0.130 e. The van der Waals surface area contributed by atoms with Crippen molar-refractivity contribution in [2.75, 3.05) is 0 Å². The second-order valence-electron chi connectivity index (χ2n) is 4.42. The van der Waals surface area contributed by atoms with Crippen LogP contribution in [0.25, 0.3) is 0 Å². The van der Waals surface area contributed by atoms with Crippen LogP contribution in [-0.4, -0.2) is 5.78 Å². The van der Waals surface area contributed by atoms with Gasteiger partial charge in [0.1, 0.15) is 5.78 Å². The molecule has 1 unspecified atom stereocenters. The van der Waals surface area contributed by atoms with Crippen molar-refractivity contribution in [3.8, 4) is 0 Å². The van der Waals surface area contributed by atoms with E-state index in [9.17, 15) is 4.79 Å². The van der Waals surface area contributed by atoms with Crippen molar-refractivity contribution in [1.29, 1.82) is 0 Å². The predicted octanol–water partition coefficient (Wildman–Crippen LogP) is 4.56. The summed E-state index contributed by atoms with van der Waals surface area (Å²) in [5, 5.41) is 0. The monoisotopic (exact) mass is 302 g/mol. The van der Waals surface area contributed by atoms with Crippen LogP contribution in [0.5, 0.6) is 0 Å². The van der Waals surface area contributed by atoms with E-state index in [1.165, 1.54) is 11.1 Å². The first-order valence-corrected chi connectivity index (χ1v) is 6.76. The number of halogens is 1. The summed E-state index contributed by atoms with van der Waals surface area (Å²) in [5.41, 5.74) is 2.37. The number of Topliss-reactive ketones (excluding diaryl/α,β-unsaturated/α-hetero) is 1. The molecule has 18 heavy (non-hydrogen) atoms. The van der Waals surface area contributed by atoms with Gasteiger partial charge in [0.05, 0.1) is 0 Å². The van der Waals surface area contributed by atoms with Crippen molar-refractivity contribution >= 4 is 21.7 Å². The third-order valence-electron chi connectivity index (χ3n) is 2.97. The molecule has 0 saturated carbocycles. The van der Waals surface area contributed by atoms with E-state index in [0.29, 0.717) is 6.42 Å². The van der Waals surface area contributed by atoms with E-state index in [2.05, 4.69) is 40.2 Å². The van der Waals surface area contributed by atoms with Crippen LogP contribution in [0.2, 0.25) is 0 Å². The lowest BCUT2D eigenvalue weighted by Crippen LogP contribution is -2.06. The van der Waals surface area contributed by atoms with E-state index in [1.54, 1.807) is 6.92 Å². The second kappa shape index (κ2) is 5.96. The molecule has 92 valence electrons. The minimum atomic E-state index is 0.150. The molecule has 2 rings (SSSR count). The van der Waals surface area contributed by atoms with Crippen LogP contribution >= 0.6 is 15.9 Å². The van der Waals surface area contributed by atoms with Crippen LogP contribution in [0.4, 0.5) is 0 Å². The molecule has 1 atom stereocenters. The van der Waals surface area contributed by atoms with Crippen molar-refractivity contribution in [3.63, 3.8) is 0 Å². The number of hydrogen-bond donors (Lipinski definition) is 0. The second-order valence-corrected chi connectivity index (χ2v) is 5.34. The summed E-state index contributed by atoms with van der Waals surface area (Å²) in [4.78, 5) is 11.5. The van der Waals surface area contributed by atoms with Gasteiger partial charge < -0.3 is 0 Å². The molecule has 0 aliphatic heterocycles. The van der Waals surface area contributed by atoms with E-state index < -0.39 is 0 Å². The van der Waals surface area contributed by atoms with E-state index in [1.807, 2.05) is 30.3 Å². The predicted molar refractivity (Wildman–Crippen MR) is 77.7 cm³/mol. The quantitative estimate of drug-likeness (QED) is 0.809. The fourth-order valence-corrected chi connectivity index (χ4v) is 2.36. The summed E-state index contributed by atoms with van der Waals surface area (Å²) in [6.45, 7) is 1.65. The summed E-state index contributed by atoms with van der Waals surface area (Å²) >= 11 is 3.43. The molecule has 2 heteroatoms. The first kappa shape index (κ1) is 13.0. The minimum absolute atomic E-state index is 0.150. The van der Waals surface area contributed by atoms with Crippen molar-refractivity contribution in [2.45, 2.75) is 19.3 Å². The number of ketones is 1. The van der Waals surface area contributed by atoms with Gasteiger partial charge in [0.15, 0.2) is 0 Å². The van der Waals surface area contributed by atoms with Gasteiger partial charge in [-0.1, -0.05) is 58.4 Å². The summed E-state index contributed by atoms with van der Waals surface area (Å²) in [6.07, 6.45) is 0.547. The third kappa shape index (κ3) is 3.30. The van der Waals surface area contributed by atoms with Crippen molar-refractivity contribution in [1.82, 2.24) is 0 Å². The van der Waals surface area contributed by atoms with Gasteiger partial charge in [0.25, 0.3) is 0 Å². The maximum absolute atomic E-state index is 11.5. The van der Waals surface area contributed by atoms with Gasteiger partial charge in [0, 0.05) is 16.8 Å². The molecule has 0 aliphatic carbocycles. The van der Waals surface area contributed by atoms with Crippen LogP contribution < -0.4 is 0 Å². The van der Waals surface area contributed by atoms with E-state index in [4.69, 9.17) is 0 Å². The molecule has 0 bridgehead atoms. The highest BCUT2D eigenvalue weighted by Crippen LogP contribution is 2.29. The fourth-order valence-electron chi connectivity index (χ4n) is 2.10. The summed E-state index contributed by atoms with van der Waals surface area (Å²) < 4.78 is 1.06. The Balaban J connectivity index is 2.36. The molecule has 0 N–H and O–H groups in total. The first-order chi connectivity index (χ1) is 8.66. The molecule has 1 nitrogen and oxygen atoms in total. The molecule has 0 aromatic heterocycles. The number of hydrogen-bond acceptors (Lipinski definition) is 1. The first-order valence-electron chi connectivity index (χ1n) is 5.96. The minimum Gasteiger partial charge on any atom is -0.300 e. The summed E-state index contributed by atoms with van der Waals surface area (Å²) in [6, 6.07) is 18.4. The zero-order valence-electron chi connectivity index (χ0n) is 10.3. The van der Waals surface area contributed by atoms with Gasteiger partial charge in [0.2, 0.25) is 0 Å². The molecular weight excluding hydrogens is 288 g/mol. The van der Waals surface area contributed by atoms with E-state index >= 15 is 0 Å². The molecule has 2 aromatic rings. The Morgan fingerprint density at radius 3 is 2.11 bits per heavy atom. The maximum atomic E-state index is 11.5. The van der Waals surface area contributed by atoms with Crippen molar-refractivity contribution < 1.29 is 4.79 Å². The number of carbonyl (C=O) groups is 1. The number of rotatable bonds is 4. The standard InChI is InChI=1S/C16H15BrO/c1-12(18)11-16(13-5-3-2-4-6-13)14-7-9-15(17)10-8-14/h2-10,16H,11H2,1H3. The van der Waals surface area contributed by atoms with E-state index in [0.717, 1.165) is 4.47 Å².